The van der Waals surface area contributed by atoms with Crippen LogP contribution in [0.1, 0.15) is 23.2 Å². The number of carbonyl (C=O) groups is 1. The van der Waals surface area contributed by atoms with Gasteiger partial charge in [0.25, 0.3) is 5.91 Å². The zero-order chi connectivity index (χ0) is 16.5. The van der Waals surface area contributed by atoms with Gasteiger partial charge >= 0.3 is 0 Å². The fourth-order valence-electron chi connectivity index (χ4n) is 2.59. The first-order valence-corrected chi connectivity index (χ1v) is 8.85. The second kappa shape index (κ2) is 6.28. The number of sulfone groups is 1. The van der Waals surface area contributed by atoms with Crippen LogP contribution in [0.2, 0.25) is 0 Å². The van der Waals surface area contributed by atoms with Gasteiger partial charge in [-0.2, -0.15) is 0 Å². The number of halogens is 3. The van der Waals surface area contributed by atoms with Gasteiger partial charge in [0.05, 0.1) is 11.3 Å². The van der Waals surface area contributed by atoms with Crippen LogP contribution >= 0.6 is 0 Å². The Bertz CT molecular complexity index is 683. The molecular formula is C14H16F3NO3S. The number of likely N-dealkylation sites (tertiary alicyclic amines) is 1. The number of piperidine rings is 1. The molecule has 1 aromatic rings. The largest absolute Gasteiger partial charge is 0.339 e. The highest BCUT2D eigenvalue weighted by Crippen LogP contribution is 2.22. The summed E-state index contributed by atoms with van der Waals surface area (Å²) in [6, 6.07) is 1.63. The molecule has 0 aromatic heterocycles. The number of hydrogen-bond acceptors (Lipinski definition) is 3. The topological polar surface area (TPSA) is 54.5 Å². The molecular weight excluding hydrogens is 319 g/mol. The van der Waals surface area contributed by atoms with E-state index in [0.29, 0.717) is 18.9 Å². The predicted octanol–water partition coefficient (Wildman–Crippen LogP) is 2.00. The van der Waals surface area contributed by atoms with Crippen molar-refractivity contribution in [3.63, 3.8) is 0 Å². The molecule has 0 unspecified atom stereocenters. The maximum absolute atomic E-state index is 13.6. The second-order valence-corrected chi connectivity index (χ2v) is 7.74. The van der Waals surface area contributed by atoms with Crippen LogP contribution in [0.15, 0.2) is 12.1 Å². The molecule has 0 N–H and O–H groups in total. The molecule has 1 aliphatic rings. The van der Waals surface area contributed by atoms with Gasteiger partial charge in [0.1, 0.15) is 9.84 Å². The minimum Gasteiger partial charge on any atom is -0.339 e. The summed E-state index contributed by atoms with van der Waals surface area (Å²) in [6.45, 7) is 0.523. The molecule has 1 aliphatic heterocycles. The van der Waals surface area contributed by atoms with Crippen molar-refractivity contribution in [2.45, 2.75) is 12.8 Å². The molecule has 22 heavy (non-hydrogen) atoms. The third kappa shape index (κ3) is 3.79. The van der Waals surface area contributed by atoms with Gasteiger partial charge in [-0.3, -0.25) is 4.79 Å². The molecule has 0 radical (unpaired) electrons. The number of nitrogens with zero attached hydrogens (tertiary/aromatic N) is 1. The summed E-state index contributed by atoms with van der Waals surface area (Å²) in [7, 11) is -3.09. The molecule has 0 saturated carbocycles. The summed E-state index contributed by atoms with van der Waals surface area (Å²) in [6.07, 6.45) is 2.11. The lowest BCUT2D eigenvalue weighted by atomic mass is 9.98. The standard InChI is InChI=1S/C14H16F3NO3S/c1-22(20,21)8-9-4-6-18(7-5-9)14(19)10-2-3-11(15)13(17)12(10)16/h2-3,9H,4-8H2,1H3. The minimum absolute atomic E-state index is 0.0474. The van der Waals surface area contributed by atoms with E-state index in [0.717, 1.165) is 12.3 Å². The van der Waals surface area contributed by atoms with Crippen LogP contribution in [0.5, 0.6) is 0 Å². The molecule has 8 heteroatoms. The van der Waals surface area contributed by atoms with Crippen LogP contribution in [0.25, 0.3) is 0 Å². The van der Waals surface area contributed by atoms with E-state index in [1.807, 2.05) is 0 Å². The van der Waals surface area contributed by atoms with Gasteiger partial charge in [0, 0.05) is 19.3 Å². The summed E-state index contributed by atoms with van der Waals surface area (Å²) >= 11 is 0. The van der Waals surface area contributed by atoms with Crippen molar-refractivity contribution in [1.29, 1.82) is 0 Å². The maximum atomic E-state index is 13.6. The summed E-state index contributed by atoms with van der Waals surface area (Å²) in [5.41, 5.74) is -0.513. The highest BCUT2D eigenvalue weighted by molar-refractivity contribution is 7.90. The monoisotopic (exact) mass is 335 g/mol. The first kappa shape index (κ1) is 16.8. The normalized spacial score (nSPS) is 16.8. The third-order valence-electron chi connectivity index (χ3n) is 3.71. The Morgan fingerprint density at radius 3 is 2.32 bits per heavy atom. The predicted molar refractivity (Wildman–Crippen MR) is 74.7 cm³/mol. The first-order chi connectivity index (χ1) is 10.2. The molecule has 1 fully saturated rings. The number of benzene rings is 1. The average Bonchev–Trinajstić information content (AvgIpc) is 2.43. The van der Waals surface area contributed by atoms with Crippen molar-refractivity contribution in [3.05, 3.63) is 35.1 Å². The number of rotatable bonds is 3. The number of amides is 1. The van der Waals surface area contributed by atoms with Gasteiger partial charge in [0.2, 0.25) is 0 Å². The van der Waals surface area contributed by atoms with E-state index >= 15 is 0 Å². The first-order valence-electron chi connectivity index (χ1n) is 6.79. The molecule has 122 valence electrons. The zero-order valence-corrected chi connectivity index (χ0v) is 12.8. The van der Waals surface area contributed by atoms with Crippen molar-refractivity contribution >= 4 is 15.7 Å². The van der Waals surface area contributed by atoms with Crippen LogP contribution in [-0.4, -0.2) is 44.3 Å². The van der Waals surface area contributed by atoms with Crippen LogP contribution in [-0.2, 0) is 9.84 Å². The van der Waals surface area contributed by atoms with E-state index in [2.05, 4.69) is 0 Å². The summed E-state index contributed by atoms with van der Waals surface area (Å²) < 4.78 is 62.2. The zero-order valence-electron chi connectivity index (χ0n) is 12.0. The Balaban J connectivity index is 2.06. The Hall–Kier alpha value is -1.57. The molecule has 2 rings (SSSR count). The third-order valence-corrected chi connectivity index (χ3v) is 4.78. The lowest BCUT2D eigenvalue weighted by Gasteiger charge is -2.31. The Labute approximate surface area is 126 Å². The maximum Gasteiger partial charge on any atom is 0.256 e. The molecule has 0 aliphatic carbocycles. The van der Waals surface area contributed by atoms with Crippen molar-refractivity contribution < 1.29 is 26.4 Å². The molecule has 0 bridgehead atoms. The quantitative estimate of drug-likeness (QED) is 0.794. The highest BCUT2D eigenvalue weighted by Gasteiger charge is 2.28. The molecule has 1 amide bonds. The fourth-order valence-corrected chi connectivity index (χ4v) is 3.78. The molecule has 4 nitrogen and oxygen atoms in total. The van der Waals surface area contributed by atoms with Crippen molar-refractivity contribution in [2.75, 3.05) is 25.1 Å². The van der Waals surface area contributed by atoms with Gasteiger partial charge in [-0.15, -0.1) is 0 Å². The molecule has 1 aromatic carbocycles. The summed E-state index contributed by atoms with van der Waals surface area (Å²) in [5.74, 6) is -5.22. The minimum atomic E-state index is -3.09. The van der Waals surface area contributed by atoms with Crippen molar-refractivity contribution in [2.24, 2.45) is 5.92 Å². The van der Waals surface area contributed by atoms with Gasteiger partial charge in [-0.1, -0.05) is 0 Å². The van der Waals surface area contributed by atoms with E-state index in [1.54, 1.807) is 0 Å². The van der Waals surface area contributed by atoms with E-state index in [1.165, 1.54) is 4.90 Å². The number of carbonyl (C=O) groups excluding carboxylic acids is 1. The smallest absolute Gasteiger partial charge is 0.256 e. The van der Waals surface area contributed by atoms with Gasteiger partial charge < -0.3 is 4.90 Å². The second-order valence-electron chi connectivity index (χ2n) is 5.55. The summed E-state index contributed by atoms with van der Waals surface area (Å²) in [4.78, 5) is 13.5. The van der Waals surface area contributed by atoms with Crippen LogP contribution in [0, 0.1) is 23.4 Å². The van der Waals surface area contributed by atoms with E-state index in [9.17, 15) is 26.4 Å². The van der Waals surface area contributed by atoms with E-state index < -0.39 is 38.8 Å². The van der Waals surface area contributed by atoms with Gasteiger partial charge in [-0.05, 0) is 30.9 Å². The van der Waals surface area contributed by atoms with Crippen LogP contribution in [0.4, 0.5) is 13.2 Å². The van der Waals surface area contributed by atoms with E-state index in [-0.39, 0.29) is 24.8 Å². The molecule has 0 spiro atoms. The van der Waals surface area contributed by atoms with Crippen LogP contribution in [0.3, 0.4) is 0 Å². The van der Waals surface area contributed by atoms with Crippen molar-refractivity contribution in [1.82, 2.24) is 4.90 Å². The molecule has 1 saturated heterocycles. The lowest BCUT2D eigenvalue weighted by molar-refractivity contribution is 0.0692. The molecule has 1 heterocycles. The number of hydrogen-bond donors (Lipinski definition) is 0. The van der Waals surface area contributed by atoms with Crippen molar-refractivity contribution in [3.8, 4) is 0 Å². The lowest BCUT2D eigenvalue weighted by Crippen LogP contribution is -2.40. The fraction of sp³-hybridized carbons (Fsp3) is 0.500. The van der Waals surface area contributed by atoms with E-state index in [4.69, 9.17) is 0 Å². The summed E-state index contributed by atoms with van der Waals surface area (Å²) in [5, 5.41) is 0. The Morgan fingerprint density at radius 1 is 1.18 bits per heavy atom. The Kier molecular flexibility index (Phi) is 4.79. The highest BCUT2D eigenvalue weighted by atomic mass is 32.2. The molecule has 0 atom stereocenters. The van der Waals surface area contributed by atoms with Gasteiger partial charge in [0.15, 0.2) is 17.5 Å². The Morgan fingerprint density at radius 2 is 1.77 bits per heavy atom. The van der Waals surface area contributed by atoms with Gasteiger partial charge in [-0.25, -0.2) is 21.6 Å². The van der Waals surface area contributed by atoms with Crippen LogP contribution < -0.4 is 0 Å². The average molecular weight is 335 g/mol. The SMILES string of the molecule is CS(=O)(=O)CC1CCN(C(=O)c2ccc(F)c(F)c2F)CC1.